The summed E-state index contributed by atoms with van der Waals surface area (Å²) in [6.07, 6.45) is 0. The lowest BCUT2D eigenvalue weighted by atomic mass is 9.71. The van der Waals surface area contributed by atoms with Crippen molar-refractivity contribution in [3.8, 4) is 0 Å². The molecule has 0 nitrogen and oxygen atoms in total. The van der Waals surface area contributed by atoms with Crippen LogP contribution in [0.4, 0.5) is 0 Å². The van der Waals surface area contributed by atoms with Crippen molar-refractivity contribution < 1.29 is 0 Å². The second kappa shape index (κ2) is 24.5. The molecule has 2 radical (unpaired) electrons. The fraction of sp³-hybridized carbons (Fsp3) is 0.532. The Bertz CT molecular complexity index is 3490. The van der Waals surface area contributed by atoms with Gasteiger partial charge in [0.1, 0.15) is 7.59 Å². The summed E-state index contributed by atoms with van der Waals surface area (Å²) in [6.45, 7) is 88.4. The van der Waals surface area contributed by atoms with Gasteiger partial charge in [0.05, 0.1) is 9.04 Å². The molecular weight excluding hydrogens is 1190 g/mol. The lowest BCUT2D eigenvalue weighted by molar-refractivity contribution is 0.558. The predicted octanol–water partition coefficient (Wildman–Crippen LogP) is 25.9. The quantitative estimate of drug-likeness (QED) is 0.0946. The van der Waals surface area contributed by atoms with Crippen LogP contribution in [0.2, 0.25) is 0 Å². The van der Waals surface area contributed by atoms with Crippen molar-refractivity contribution in [2.24, 2.45) is 0 Å². The summed E-state index contributed by atoms with van der Waals surface area (Å²) in [4.78, 5) is 0. The molecule has 0 spiro atoms. The Hall–Kier alpha value is -5.29. The Kier molecular flexibility index (Phi) is 19.5. The van der Waals surface area contributed by atoms with Gasteiger partial charge in [-0.15, -0.1) is 0 Å². The fourth-order valence-electron chi connectivity index (χ4n) is 14.1. The third kappa shape index (κ3) is 15.4. The highest BCUT2D eigenvalue weighted by Gasteiger charge is 2.68. The van der Waals surface area contributed by atoms with Gasteiger partial charge in [0.25, 0.3) is 0 Å². The minimum Gasteiger partial charge on any atom is -0.0912 e. The van der Waals surface area contributed by atoms with Gasteiger partial charge in [0, 0.05) is 10.1 Å². The monoisotopic (exact) mass is 1320 g/mol. The van der Waals surface area contributed by atoms with Crippen molar-refractivity contribution in [3.05, 3.63) is 251 Å². The molecule has 0 N–H and O–H groups in total. The summed E-state index contributed by atoms with van der Waals surface area (Å²) in [5.41, 5.74) is 27.3. The average molecular weight is 1320 g/mol. The summed E-state index contributed by atoms with van der Waals surface area (Å²) in [5.74, 6) is 0. The van der Waals surface area contributed by atoms with Gasteiger partial charge in [0.15, 0.2) is 0 Å². The zero-order chi connectivity index (χ0) is 72.7. The first-order valence-electron chi connectivity index (χ1n) is 36.6. The SMILES string of the molecule is CC(C)(C)c1cc(C(C)(C)C)cc(C([Si][Si]2(C(c3cc(C(C)(C)C)cc(C(C)(C)C)c3)(c3cc(C(C)(C)C)cc(C(C)(C)C)c3)c3cc(C(C)(C)C)cc(C(C)(C)C)c3)C=C2c2ccccc2)(c2cc(C(C)(C)C)cc(C(C)(C)C)c2)c2cc(C(C)(C)C)cc(C(C)(C)C)c2)c1. The van der Waals surface area contributed by atoms with Gasteiger partial charge in [0.2, 0.25) is 0 Å². The van der Waals surface area contributed by atoms with Gasteiger partial charge in [-0.05, 0) is 171 Å². The molecule has 2 heteroatoms. The smallest absolute Gasteiger partial charge is 0.0912 e. The van der Waals surface area contributed by atoms with E-state index in [9.17, 15) is 0 Å². The van der Waals surface area contributed by atoms with Crippen LogP contribution in [0.15, 0.2) is 145 Å². The van der Waals surface area contributed by atoms with Gasteiger partial charge in [-0.3, -0.25) is 0 Å². The third-order valence-corrected chi connectivity index (χ3v) is 31.4. The van der Waals surface area contributed by atoms with Crippen LogP contribution in [0.3, 0.4) is 0 Å². The van der Waals surface area contributed by atoms with Crippen LogP contribution < -0.4 is 0 Å². The standard InChI is InChI=1S/C94H132Si2/c1-81(2,3)62-42-63(82(4,5)6)49-74(48-62)93(75-50-64(83(7,8)9)43-65(51-75)84(10,11)12,76-52-66(85(13,14)15)44-67(53-76)86(16,17)18)95-96(60-80(96)61-40-38-37-39-41-61)94(77-54-68(87(19,20)21)45-69(55-77)88(22,23)24,78-56-70(89(25,26)27)46-71(57-78)90(28,29)30)79-58-72(91(31,32)33)47-73(59-79)92(34,35)36/h37-60H,1-36H3. The summed E-state index contributed by atoms with van der Waals surface area (Å²) < 4.78 is 0. The Balaban J connectivity index is 1.91. The van der Waals surface area contributed by atoms with E-state index >= 15 is 0 Å². The number of rotatable bonds is 10. The van der Waals surface area contributed by atoms with Crippen LogP contribution in [0.25, 0.3) is 5.20 Å². The topological polar surface area (TPSA) is 0 Å². The molecule has 1 aliphatic heterocycles. The molecule has 96 heavy (non-hydrogen) atoms. The minimum absolute atomic E-state index is 0.172. The molecule has 0 saturated carbocycles. The van der Waals surface area contributed by atoms with E-state index in [-0.39, 0.29) is 65.0 Å². The zero-order valence-corrected chi connectivity index (χ0v) is 69.9. The molecule has 0 bridgehead atoms. The van der Waals surface area contributed by atoms with Crippen molar-refractivity contribution in [1.29, 1.82) is 0 Å². The Morgan fingerprint density at radius 1 is 0.198 bits per heavy atom. The highest BCUT2D eigenvalue weighted by molar-refractivity contribution is 7.46. The average Bonchev–Trinajstić information content (AvgIpc) is 1.47. The van der Waals surface area contributed by atoms with Crippen LogP contribution in [-0.4, -0.2) is 16.6 Å². The van der Waals surface area contributed by atoms with Crippen molar-refractivity contribution in [3.63, 3.8) is 0 Å². The highest BCUT2D eigenvalue weighted by atomic mass is 29.2. The maximum absolute atomic E-state index is 3.56. The molecule has 516 valence electrons. The van der Waals surface area contributed by atoms with Gasteiger partial charge in [-0.1, -0.05) is 400 Å². The molecular formula is C94H132Si2. The fourth-order valence-corrected chi connectivity index (χ4v) is 26.8. The summed E-state index contributed by atoms with van der Waals surface area (Å²) in [5, 5.41) is 0.0322. The van der Waals surface area contributed by atoms with E-state index in [1.54, 1.807) is 5.20 Å². The lowest BCUT2D eigenvalue weighted by Crippen LogP contribution is -2.61. The van der Waals surface area contributed by atoms with E-state index in [1.165, 1.54) is 106 Å². The van der Waals surface area contributed by atoms with Gasteiger partial charge in [-0.25, -0.2) is 0 Å². The van der Waals surface area contributed by atoms with Crippen LogP contribution >= 0.6 is 0 Å². The maximum atomic E-state index is 3.01. The van der Waals surface area contributed by atoms with E-state index in [0.717, 1.165) is 0 Å². The van der Waals surface area contributed by atoms with E-state index in [2.05, 4.69) is 394 Å². The van der Waals surface area contributed by atoms with Gasteiger partial charge in [-0.2, -0.15) is 0 Å². The first-order valence-corrected chi connectivity index (χ1v) is 40.7. The second-order valence-electron chi connectivity index (χ2n) is 42.2. The minimum atomic E-state index is -3.56. The van der Waals surface area contributed by atoms with E-state index in [0.29, 0.717) is 9.04 Å². The molecule has 7 aromatic carbocycles. The highest BCUT2D eigenvalue weighted by Crippen LogP contribution is 2.63. The summed E-state index contributed by atoms with van der Waals surface area (Å²) in [6, 6.07) is 60.4. The van der Waals surface area contributed by atoms with Crippen molar-refractivity contribution >= 4 is 21.8 Å². The Morgan fingerprint density at radius 3 is 0.521 bits per heavy atom. The van der Waals surface area contributed by atoms with Crippen LogP contribution in [-0.2, 0) is 75.1 Å². The van der Waals surface area contributed by atoms with E-state index in [4.69, 9.17) is 0 Å². The van der Waals surface area contributed by atoms with E-state index in [1.807, 2.05) is 0 Å². The number of hydrogen-bond donors (Lipinski definition) is 0. The molecule has 0 amide bonds. The maximum Gasteiger partial charge on any atom is 0.119 e. The molecule has 0 saturated heterocycles. The molecule has 0 fully saturated rings. The first-order chi connectivity index (χ1) is 43.1. The molecule has 1 aliphatic rings. The lowest BCUT2D eigenvalue weighted by Gasteiger charge is -2.50. The number of hydrogen-bond acceptors (Lipinski definition) is 0. The predicted molar refractivity (Wildman–Crippen MR) is 429 cm³/mol. The van der Waals surface area contributed by atoms with Crippen molar-refractivity contribution in [1.82, 2.24) is 0 Å². The zero-order valence-electron chi connectivity index (χ0n) is 67.9. The van der Waals surface area contributed by atoms with Crippen LogP contribution in [0.1, 0.15) is 355 Å². The van der Waals surface area contributed by atoms with Crippen molar-refractivity contribution in [2.45, 2.75) is 324 Å². The molecule has 0 aromatic heterocycles. The molecule has 1 atom stereocenters. The molecule has 0 aliphatic carbocycles. The Labute approximate surface area is 593 Å². The largest absolute Gasteiger partial charge is 0.119 e. The normalized spacial score (nSPS) is 16.3. The molecule has 7 aromatic rings. The summed E-state index contributed by atoms with van der Waals surface area (Å²) in [7, 11) is -3.24. The van der Waals surface area contributed by atoms with Gasteiger partial charge < -0.3 is 0 Å². The van der Waals surface area contributed by atoms with Gasteiger partial charge >= 0.3 is 0 Å². The molecule has 1 heterocycles. The van der Waals surface area contributed by atoms with Crippen LogP contribution in [0, 0.1) is 0 Å². The summed E-state index contributed by atoms with van der Waals surface area (Å²) >= 11 is 0. The van der Waals surface area contributed by atoms with Crippen molar-refractivity contribution in [2.75, 3.05) is 0 Å². The number of benzene rings is 7. The molecule has 1 unspecified atom stereocenters. The second-order valence-corrected chi connectivity index (χ2v) is 49.5. The third-order valence-electron chi connectivity index (χ3n) is 21.4. The van der Waals surface area contributed by atoms with Crippen LogP contribution in [0.5, 0.6) is 0 Å². The Morgan fingerprint density at radius 2 is 0.354 bits per heavy atom. The molecule has 8 rings (SSSR count). The first kappa shape index (κ1) is 76.5. The van der Waals surface area contributed by atoms with E-state index < -0.39 is 17.7 Å².